The summed E-state index contributed by atoms with van der Waals surface area (Å²) < 4.78 is 6.32. The molecule has 1 aliphatic rings. The fraction of sp³-hybridized carbons (Fsp3) is 0.621. The molecule has 232 valence electrons. The molecule has 42 heavy (non-hydrogen) atoms. The summed E-state index contributed by atoms with van der Waals surface area (Å²) in [6.45, 7) is 8.61. The first-order valence-corrected chi connectivity index (χ1v) is 16.7. The van der Waals surface area contributed by atoms with Crippen LogP contribution in [0.15, 0.2) is 24.3 Å². The summed E-state index contributed by atoms with van der Waals surface area (Å²) in [7, 11) is 0. The van der Waals surface area contributed by atoms with Crippen LogP contribution in [0.2, 0.25) is 0 Å². The normalized spacial score (nSPS) is 14.8. The van der Waals surface area contributed by atoms with E-state index in [1.807, 2.05) is 35.4 Å². The monoisotopic (exact) mass is 620 g/mol. The Morgan fingerprint density at radius 1 is 1.07 bits per heavy atom. The van der Waals surface area contributed by atoms with Crippen LogP contribution in [0.3, 0.4) is 0 Å². The van der Waals surface area contributed by atoms with Gasteiger partial charge in [-0.3, -0.25) is 19.3 Å². The number of hydrogen-bond acceptors (Lipinski definition) is 9. The largest absolute Gasteiger partial charge is 0.444 e. The number of fused-ring (bicyclic) bond motifs is 1. The maximum absolute atomic E-state index is 12.7. The molecule has 1 aromatic carbocycles. The summed E-state index contributed by atoms with van der Waals surface area (Å²) in [5, 5.41) is 9.06. The molecule has 1 saturated heterocycles. The number of alkyl carbamates (subject to hydrolysis) is 1. The standard InChI is InChI=1S/C29H44N6O5S2/c1-29(2,3)40-28(39)32-22(13-19-41-4)26(38)30-14-9-5-6-12-25(37)35-17-15-34(16-18-35)20-24(36)33-27-31-21-10-7-8-11-23(21)42-27/h7-8,10-11,22H,5-6,9,12-20H2,1-4H3,(H,30,38)(H,32,39)(H,31,33,36)/t22-/m1/s1. The van der Waals surface area contributed by atoms with Gasteiger partial charge in [0.15, 0.2) is 5.13 Å². The molecule has 0 saturated carbocycles. The van der Waals surface area contributed by atoms with E-state index < -0.39 is 17.7 Å². The molecule has 0 spiro atoms. The van der Waals surface area contributed by atoms with Crippen LogP contribution in [-0.2, 0) is 19.1 Å². The Labute approximate surface area is 256 Å². The lowest BCUT2D eigenvalue weighted by Crippen LogP contribution is -2.50. The molecule has 11 nitrogen and oxygen atoms in total. The third kappa shape index (κ3) is 11.8. The van der Waals surface area contributed by atoms with Gasteiger partial charge >= 0.3 is 6.09 Å². The fourth-order valence-corrected chi connectivity index (χ4v) is 5.82. The number of rotatable bonds is 14. The zero-order valence-corrected chi connectivity index (χ0v) is 26.7. The number of carbonyl (C=O) groups is 4. The summed E-state index contributed by atoms with van der Waals surface area (Å²) in [6.07, 6.45) is 4.63. The molecule has 2 heterocycles. The molecule has 0 unspecified atom stereocenters. The highest BCUT2D eigenvalue weighted by molar-refractivity contribution is 7.98. The molecule has 1 aromatic heterocycles. The molecule has 0 bridgehead atoms. The van der Waals surface area contributed by atoms with Gasteiger partial charge in [0, 0.05) is 39.1 Å². The number of piperazine rings is 1. The van der Waals surface area contributed by atoms with Crippen molar-refractivity contribution in [1.82, 2.24) is 25.4 Å². The van der Waals surface area contributed by atoms with E-state index in [-0.39, 0.29) is 24.3 Å². The van der Waals surface area contributed by atoms with Gasteiger partial charge in [0.1, 0.15) is 11.6 Å². The van der Waals surface area contributed by atoms with Crippen LogP contribution >= 0.6 is 23.1 Å². The fourth-order valence-electron chi connectivity index (χ4n) is 4.47. The molecular formula is C29H44N6O5S2. The van der Waals surface area contributed by atoms with Gasteiger partial charge in [0.2, 0.25) is 17.7 Å². The molecule has 3 rings (SSSR count). The van der Waals surface area contributed by atoms with E-state index in [1.54, 1.807) is 32.5 Å². The lowest BCUT2D eigenvalue weighted by atomic mass is 10.1. The lowest BCUT2D eigenvalue weighted by Gasteiger charge is -2.34. The predicted octanol–water partition coefficient (Wildman–Crippen LogP) is 3.70. The number of nitrogens with zero attached hydrogens (tertiary/aromatic N) is 3. The summed E-state index contributed by atoms with van der Waals surface area (Å²) in [5.74, 6) is 0.535. The number of hydrogen-bond donors (Lipinski definition) is 3. The van der Waals surface area contributed by atoms with Crippen LogP contribution in [0.4, 0.5) is 9.93 Å². The molecule has 1 fully saturated rings. The van der Waals surface area contributed by atoms with Crippen LogP contribution in [0.25, 0.3) is 10.2 Å². The van der Waals surface area contributed by atoms with Gasteiger partial charge in [-0.15, -0.1) is 0 Å². The highest BCUT2D eigenvalue weighted by atomic mass is 32.2. The van der Waals surface area contributed by atoms with Gasteiger partial charge in [-0.1, -0.05) is 29.9 Å². The van der Waals surface area contributed by atoms with E-state index in [0.717, 1.165) is 35.2 Å². The van der Waals surface area contributed by atoms with Crippen LogP contribution in [0.5, 0.6) is 0 Å². The molecule has 0 aliphatic carbocycles. The van der Waals surface area contributed by atoms with Gasteiger partial charge in [0.05, 0.1) is 16.8 Å². The van der Waals surface area contributed by atoms with Gasteiger partial charge in [-0.2, -0.15) is 11.8 Å². The predicted molar refractivity (Wildman–Crippen MR) is 169 cm³/mol. The minimum atomic E-state index is -0.647. The highest BCUT2D eigenvalue weighted by Crippen LogP contribution is 2.25. The zero-order chi connectivity index (χ0) is 30.5. The van der Waals surface area contributed by atoms with Gasteiger partial charge in [-0.25, -0.2) is 9.78 Å². The van der Waals surface area contributed by atoms with Crippen molar-refractivity contribution in [2.45, 2.75) is 64.5 Å². The van der Waals surface area contributed by atoms with Crippen LogP contribution in [0.1, 0.15) is 52.9 Å². The van der Waals surface area contributed by atoms with Crippen molar-refractivity contribution in [2.75, 3.05) is 56.6 Å². The molecule has 4 amide bonds. The van der Waals surface area contributed by atoms with Crippen molar-refractivity contribution in [3.05, 3.63) is 24.3 Å². The smallest absolute Gasteiger partial charge is 0.408 e. The first-order valence-electron chi connectivity index (χ1n) is 14.5. The van der Waals surface area contributed by atoms with E-state index in [9.17, 15) is 19.2 Å². The number of thiazole rings is 1. The second kappa shape index (κ2) is 16.7. The second-order valence-electron chi connectivity index (χ2n) is 11.3. The average Bonchev–Trinajstić information content (AvgIpc) is 3.34. The summed E-state index contributed by atoms with van der Waals surface area (Å²) in [4.78, 5) is 58.3. The first kappa shape index (κ1) is 33.6. The van der Waals surface area contributed by atoms with Crippen LogP contribution in [0, 0.1) is 0 Å². The first-order chi connectivity index (χ1) is 20.0. The number of aromatic nitrogens is 1. The van der Waals surface area contributed by atoms with Crippen molar-refractivity contribution >= 4 is 62.3 Å². The molecule has 0 radical (unpaired) electrons. The maximum atomic E-state index is 12.7. The minimum absolute atomic E-state index is 0.0999. The second-order valence-corrected chi connectivity index (χ2v) is 13.3. The zero-order valence-electron chi connectivity index (χ0n) is 25.1. The maximum Gasteiger partial charge on any atom is 0.408 e. The topological polar surface area (TPSA) is 133 Å². The number of ether oxygens (including phenoxy) is 1. The summed E-state index contributed by atoms with van der Waals surface area (Å²) >= 11 is 3.07. The Kier molecular flexibility index (Phi) is 13.3. The van der Waals surface area contributed by atoms with Gasteiger partial charge in [0.25, 0.3) is 0 Å². The molecule has 13 heteroatoms. The third-order valence-corrected chi connectivity index (χ3v) is 8.21. The number of benzene rings is 1. The Hall–Kier alpha value is -2.90. The van der Waals surface area contributed by atoms with E-state index in [1.165, 1.54) is 11.3 Å². The third-order valence-electron chi connectivity index (χ3n) is 6.62. The van der Waals surface area contributed by atoms with Crippen LogP contribution in [-0.4, -0.2) is 102 Å². The SMILES string of the molecule is CSCC[C@@H](NC(=O)OC(C)(C)C)C(=O)NCCCCCC(=O)N1CCN(CC(=O)Nc2nc3ccccc3s2)CC1. The molecule has 1 aliphatic heterocycles. The van der Waals surface area contributed by atoms with Crippen molar-refractivity contribution in [3.8, 4) is 0 Å². The number of thioether (sulfide) groups is 1. The number of carbonyl (C=O) groups excluding carboxylic acids is 4. The van der Waals surface area contributed by atoms with Crippen molar-refractivity contribution in [2.24, 2.45) is 0 Å². The molecule has 1 atom stereocenters. The van der Waals surface area contributed by atoms with Crippen molar-refractivity contribution in [3.63, 3.8) is 0 Å². The van der Waals surface area contributed by atoms with E-state index >= 15 is 0 Å². The van der Waals surface area contributed by atoms with E-state index in [0.29, 0.717) is 50.7 Å². The number of anilines is 1. The number of unbranched alkanes of at least 4 members (excludes halogenated alkanes) is 2. The summed E-state index contributed by atoms with van der Waals surface area (Å²) in [5.41, 5.74) is 0.238. The molecule has 3 N–H and O–H groups in total. The van der Waals surface area contributed by atoms with Gasteiger partial charge < -0.3 is 25.6 Å². The number of nitrogens with one attached hydrogen (secondary N) is 3. The van der Waals surface area contributed by atoms with Crippen molar-refractivity contribution < 1.29 is 23.9 Å². The molecule has 2 aromatic rings. The van der Waals surface area contributed by atoms with Crippen molar-refractivity contribution in [1.29, 1.82) is 0 Å². The van der Waals surface area contributed by atoms with E-state index in [4.69, 9.17) is 4.74 Å². The highest BCUT2D eigenvalue weighted by Gasteiger charge is 2.24. The Bertz CT molecular complexity index is 1160. The Morgan fingerprint density at radius 2 is 1.81 bits per heavy atom. The van der Waals surface area contributed by atoms with Crippen LogP contribution < -0.4 is 16.0 Å². The summed E-state index contributed by atoms with van der Waals surface area (Å²) in [6, 6.07) is 7.13. The Balaban J connectivity index is 1.27. The minimum Gasteiger partial charge on any atom is -0.444 e. The van der Waals surface area contributed by atoms with Gasteiger partial charge in [-0.05, 0) is 64.2 Å². The Morgan fingerprint density at radius 3 is 2.50 bits per heavy atom. The quantitative estimate of drug-likeness (QED) is 0.273. The lowest BCUT2D eigenvalue weighted by molar-refractivity contribution is -0.133. The number of para-hydroxylation sites is 1. The van der Waals surface area contributed by atoms with E-state index in [2.05, 4.69) is 25.8 Å². The molecular weight excluding hydrogens is 576 g/mol. The number of amides is 4. The average molecular weight is 621 g/mol.